The largest absolute Gasteiger partial charge is 0.466 e. The Morgan fingerprint density at radius 2 is 1.82 bits per heavy atom. The molecule has 116 valence electrons. The molecule has 0 radical (unpaired) electrons. The Balaban J connectivity index is 2.46. The minimum absolute atomic E-state index is 0.105. The first-order chi connectivity index (χ1) is 10.2. The fourth-order valence-corrected chi connectivity index (χ4v) is 2.05. The highest BCUT2D eigenvalue weighted by atomic mass is 16.6. The first-order valence-electron chi connectivity index (χ1n) is 6.71. The third-order valence-corrected chi connectivity index (χ3v) is 2.91. The van der Waals surface area contributed by atoms with Crippen LogP contribution < -0.4 is 4.90 Å². The van der Waals surface area contributed by atoms with Gasteiger partial charge < -0.3 is 9.47 Å². The molecule has 0 spiro atoms. The summed E-state index contributed by atoms with van der Waals surface area (Å²) >= 11 is 0. The number of benzene rings is 1. The van der Waals surface area contributed by atoms with Crippen molar-refractivity contribution in [1.82, 2.24) is 0 Å². The maximum Gasteiger partial charge on any atom is 0.422 e. The number of para-hydroxylation sites is 1. The predicted molar refractivity (Wildman–Crippen MR) is 80.2 cm³/mol. The van der Waals surface area contributed by atoms with Gasteiger partial charge in [-0.2, -0.15) is 0 Å². The molecular formula is C16H17NO5. The molecule has 0 aromatic heterocycles. The lowest BCUT2D eigenvalue weighted by molar-refractivity contribution is -0.135. The minimum Gasteiger partial charge on any atom is -0.466 e. The molecule has 1 aliphatic heterocycles. The smallest absolute Gasteiger partial charge is 0.422 e. The monoisotopic (exact) mass is 303 g/mol. The third kappa shape index (κ3) is 3.00. The number of rotatable bonds is 1. The lowest BCUT2D eigenvalue weighted by atomic mass is 10.1. The lowest BCUT2D eigenvalue weighted by Crippen LogP contribution is -2.38. The van der Waals surface area contributed by atoms with E-state index < -0.39 is 23.6 Å². The Hall–Kier alpha value is -2.63. The molecule has 0 fully saturated rings. The van der Waals surface area contributed by atoms with Gasteiger partial charge in [-0.05, 0) is 26.8 Å². The standard InChI is InChI=1S/C16H17NO5/c1-16(2,3)22-15(20)17-12-8-6-5-7-10(12)11(14(17)19)9-13(18)21-4/h5-9H,1-4H3/b11-9+. The molecule has 0 N–H and O–H groups in total. The number of carbonyl (C=O) groups is 3. The SMILES string of the molecule is COC(=O)/C=C1/C(=O)N(C(=O)OC(C)(C)C)c2ccccc21. The molecule has 2 rings (SSSR count). The van der Waals surface area contributed by atoms with Crippen molar-refractivity contribution in [3.05, 3.63) is 35.9 Å². The molecule has 0 bridgehead atoms. The number of anilines is 1. The quantitative estimate of drug-likeness (QED) is 0.589. The van der Waals surface area contributed by atoms with Gasteiger partial charge >= 0.3 is 12.1 Å². The van der Waals surface area contributed by atoms with E-state index >= 15 is 0 Å². The molecule has 0 saturated heterocycles. The minimum atomic E-state index is -0.779. The fraction of sp³-hybridized carbons (Fsp3) is 0.312. The van der Waals surface area contributed by atoms with Crippen LogP contribution in [0.1, 0.15) is 26.3 Å². The molecule has 22 heavy (non-hydrogen) atoms. The van der Waals surface area contributed by atoms with E-state index in [9.17, 15) is 14.4 Å². The second kappa shape index (κ2) is 5.63. The van der Waals surface area contributed by atoms with Crippen molar-refractivity contribution in [2.24, 2.45) is 0 Å². The number of amides is 2. The van der Waals surface area contributed by atoms with Crippen molar-refractivity contribution in [3.63, 3.8) is 0 Å². The van der Waals surface area contributed by atoms with Crippen LogP contribution in [0.4, 0.5) is 10.5 Å². The Morgan fingerprint density at radius 3 is 2.41 bits per heavy atom. The molecule has 2 amide bonds. The zero-order valence-electron chi connectivity index (χ0n) is 12.9. The number of nitrogens with zero attached hydrogens (tertiary/aromatic N) is 1. The maximum atomic E-state index is 12.5. The summed E-state index contributed by atoms with van der Waals surface area (Å²) in [5.74, 6) is -1.27. The topological polar surface area (TPSA) is 72.9 Å². The summed E-state index contributed by atoms with van der Waals surface area (Å²) in [5.41, 5.74) is 0.246. The highest BCUT2D eigenvalue weighted by Crippen LogP contribution is 2.37. The van der Waals surface area contributed by atoms with Gasteiger partial charge in [0.15, 0.2) is 0 Å². The fourth-order valence-electron chi connectivity index (χ4n) is 2.05. The second-order valence-corrected chi connectivity index (χ2v) is 5.72. The zero-order valence-corrected chi connectivity index (χ0v) is 12.9. The first-order valence-corrected chi connectivity index (χ1v) is 6.71. The number of ether oxygens (including phenoxy) is 2. The predicted octanol–water partition coefficient (Wildman–Crippen LogP) is 2.52. The van der Waals surface area contributed by atoms with E-state index in [2.05, 4.69) is 4.74 Å². The van der Waals surface area contributed by atoms with Crippen LogP contribution in [0.15, 0.2) is 30.3 Å². The van der Waals surface area contributed by atoms with Crippen molar-refractivity contribution in [2.45, 2.75) is 26.4 Å². The summed E-state index contributed by atoms with van der Waals surface area (Å²) in [7, 11) is 1.22. The van der Waals surface area contributed by atoms with Crippen molar-refractivity contribution >= 4 is 29.2 Å². The van der Waals surface area contributed by atoms with E-state index in [1.54, 1.807) is 45.0 Å². The van der Waals surface area contributed by atoms with Crippen LogP contribution in [0.5, 0.6) is 0 Å². The average Bonchev–Trinajstić information content (AvgIpc) is 2.70. The van der Waals surface area contributed by atoms with E-state index in [0.29, 0.717) is 11.3 Å². The van der Waals surface area contributed by atoms with Crippen molar-refractivity contribution in [3.8, 4) is 0 Å². The highest BCUT2D eigenvalue weighted by Gasteiger charge is 2.39. The van der Waals surface area contributed by atoms with Crippen molar-refractivity contribution < 1.29 is 23.9 Å². The van der Waals surface area contributed by atoms with Gasteiger partial charge in [-0.25, -0.2) is 14.5 Å². The summed E-state index contributed by atoms with van der Waals surface area (Å²) < 4.78 is 9.80. The van der Waals surface area contributed by atoms with E-state index in [1.807, 2.05) is 0 Å². The van der Waals surface area contributed by atoms with Gasteiger partial charge in [-0.15, -0.1) is 0 Å². The molecule has 0 unspecified atom stereocenters. The van der Waals surface area contributed by atoms with Crippen LogP contribution >= 0.6 is 0 Å². The molecule has 1 heterocycles. The van der Waals surface area contributed by atoms with E-state index in [4.69, 9.17) is 4.74 Å². The third-order valence-electron chi connectivity index (χ3n) is 2.91. The molecule has 0 aliphatic carbocycles. The maximum absolute atomic E-state index is 12.5. The second-order valence-electron chi connectivity index (χ2n) is 5.72. The van der Waals surface area contributed by atoms with Gasteiger partial charge in [-0.1, -0.05) is 18.2 Å². The highest BCUT2D eigenvalue weighted by molar-refractivity contribution is 6.40. The van der Waals surface area contributed by atoms with E-state index in [1.165, 1.54) is 7.11 Å². The normalized spacial score (nSPS) is 15.7. The lowest BCUT2D eigenvalue weighted by Gasteiger charge is -2.23. The van der Waals surface area contributed by atoms with Crippen LogP contribution in [0, 0.1) is 0 Å². The van der Waals surface area contributed by atoms with Crippen LogP contribution in [0.3, 0.4) is 0 Å². The summed E-state index contributed by atoms with van der Waals surface area (Å²) in [6.45, 7) is 5.13. The van der Waals surface area contributed by atoms with Gasteiger partial charge in [0.1, 0.15) is 5.60 Å². The average molecular weight is 303 g/mol. The number of fused-ring (bicyclic) bond motifs is 1. The Bertz CT molecular complexity index is 669. The Kier molecular flexibility index (Phi) is 4.03. The Morgan fingerprint density at radius 1 is 1.18 bits per heavy atom. The number of esters is 1. The number of hydrogen-bond donors (Lipinski definition) is 0. The van der Waals surface area contributed by atoms with Gasteiger partial charge in [0, 0.05) is 11.6 Å². The van der Waals surface area contributed by atoms with E-state index in [-0.39, 0.29) is 5.57 Å². The van der Waals surface area contributed by atoms with E-state index in [0.717, 1.165) is 11.0 Å². The Labute approximate surface area is 128 Å². The number of imide groups is 1. The zero-order chi connectivity index (χ0) is 16.5. The molecule has 1 aromatic rings. The van der Waals surface area contributed by atoms with Gasteiger partial charge in [0.25, 0.3) is 5.91 Å². The molecule has 6 heteroatoms. The van der Waals surface area contributed by atoms with Crippen molar-refractivity contribution in [1.29, 1.82) is 0 Å². The van der Waals surface area contributed by atoms with Crippen LogP contribution in [-0.4, -0.2) is 30.7 Å². The summed E-state index contributed by atoms with van der Waals surface area (Å²) in [5, 5.41) is 0. The summed E-state index contributed by atoms with van der Waals surface area (Å²) in [6.07, 6.45) is 0.296. The van der Waals surface area contributed by atoms with Crippen LogP contribution in [-0.2, 0) is 19.1 Å². The van der Waals surface area contributed by atoms with Gasteiger partial charge in [-0.3, -0.25) is 4.79 Å². The first kappa shape index (κ1) is 15.8. The van der Waals surface area contributed by atoms with Gasteiger partial charge in [0.2, 0.25) is 0 Å². The molecule has 1 aliphatic rings. The molecule has 6 nitrogen and oxygen atoms in total. The molecule has 0 saturated carbocycles. The number of hydrogen-bond acceptors (Lipinski definition) is 5. The van der Waals surface area contributed by atoms with Gasteiger partial charge in [0.05, 0.1) is 18.4 Å². The van der Waals surface area contributed by atoms with Crippen LogP contribution in [0.2, 0.25) is 0 Å². The molecular weight excluding hydrogens is 286 g/mol. The van der Waals surface area contributed by atoms with Crippen LogP contribution in [0.25, 0.3) is 5.57 Å². The molecule has 1 aromatic carbocycles. The summed E-state index contributed by atoms with van der Waals surface area (Å²) in [6, 6.07) is 6.70. The number of methoxy groups -OCH3 is 1. The summed E-state index contributed by atoms with van der Waals surface area (Å²) in [4.78, 5) is 37.1. The van der Waals surface area contributed by atoms with Crippen molar-refractivity contribution in [2.75, 3.05) is 12.0 Å². The molecule has 0 atom stereocenters. The number of carbonyl (C=O) groups excluding carboxylic acids is 3.